The fourth-order valence-electron chi connectivity index (χ4n) is 2.94. The number of aryl methyl sites for hydroxylation is 1. The van der Waals surface area contributed by atoms with Gasteiger partial charge in [-0.1, -0.05) is 0 Å². The summed E-state index contributed by atoms with van der Waals surface area (Å²) in [5.74, 6) is 3.81. The zero-order valence-corrected chi connectivity index (χ0v) is 17.0. The lowest BCUT2D eigenvalue weighted by atomic mass is 10.1. The minimum atomic E-state index is -2.58. The van der Waals surface area contributed by atoms with Gasteiger partial charge in [-0.3, -0.25) is 4.98 Å². The number of allylic oxidation sites excluding steroid dienone is 3. The Kier molecular flexibility index (Phi) is 6.10. The molecule has 7 nitrogen and oxygen atoms in total. The van der Waals surface area contributed by atoms with Gasteiger partial charge in [0, 0.05) is 35.2 Å². The number of pyridine rings is 2. The SMILES string of the molecule is Cc1cnnc(-c2ccc(C(F)F)cn2)c1COC1=CC=C(c2ccc(N)nc2)N=C=C1. The number of rotatable bonds is 6. The van der Waals surface area contributed by atoms with Crippen LogP contribution < -0.4 is 5.73 Å². The molecular formula is C23H18F2N6O. The van der Waals surface area contributed by atoms with Crippen molar-refractivity contribution in [1.82, 2.24) is 20.2 Å². The molecule has 0 aliphatic carbocycles. The molecule has 1 aliphatic rings. The summed E-state index contributed by atoms with van der Waals surface area (Å²) in [6, 6.07) is 6.35. The Bertz CT molecular complexity index is 1240. The Hall–Kier alpha value is -4.23. The molecule has 0 saturated heterocycles. The summed E-state index contributed by atoms with van der Waals surface area (Å²) in [6.07, 6.45) is 6.99. The van der Waals surface area contributed by atoms with E-state index in [1.807, 2.05) is 13.0 Å². The Morgan fingerprint density at radius 3 is 2.66 bits per heavy atom. The van der Waals surface area contributed by atoms with E-state index in [-0.39, 0.29) is 12.2 Å². The molecule has 0 radical (unpaired) electrons. The van der Waals surface area contributed by atoms with E-state index in [9.17, 15) is 8.78 Å². The maximum Gasteiger partial charge on any atom is 0.265 e. The minimum absolute atomic E-state index is 0.154. The largest absolute Gasteiger partial charge is 0.488 e. The summed E-state index contributed by atoms with van der Waals surface area (Å²) < 4.78 is 31.6. The molecule has 4 heterocycles. The van der Waals surface area contributed by atoms with Crippen molar-refractivity contribution in [3.8, 4) is 11.4 Å². The van der Waals surface area contributed by atoms with Crippen LogP contribution in [0.2, 0.25) is 0 Å². The number of ether oxygens (including phenoxy) is 1. The third kappa shape index (κ3) is 4.74. The van der Waals surface area contributed by atoms with Crippen LogP contribution >= 0.6 is 0 Å². The summed E-state index contributed by atoms with van der Waals surface area (Å²) in [7, 11) is 0. The van der Waals surface area contributed by atoms with Gasteiger partial charge in [0.25, 0.3) is 6.43 Å². The van der Waals surface area contributed by atoms with E-state index in [2.05, 4.69) is 31.0 Å². The number of halogens is 2. The summed E-state index contributed by atoms with van der Waals surface area (Å²) >= 11 is 0. The van der Waals surface area contributed by atoms with E-state index in [0.29, 0.717) is 28.7 Å². The molecule has 0 unspecified atom stereocenters. The highest BCUT2D eigenvalue weighted by atomic mass is 19.3. The van der Waals surface area contributed by atoms with Gasteiger partial charge < -0.3 is 10.5 Å². The fraction of sp³-hybridized carbons (Fsp3) is 0.130. The van der Waals surface area contributed by atoms with Gasteiger partial charge >= 0.3 is 0 Å². The Labute approximate surface area is 182 Å². The lowest BCUT2D eigenvalue weighted by molar-refractivity contribution is 0.151. The molecule has 0 bridgehead atoms. The summed E-state index contributed by atoms with van der Waals surface area (Å²) in [5, 5.41) is 8.12. The molecule has 0 spiro atoms. The Morgan fingerprint density at radius 1 is 1.06 bits per heavy atom. The van der Waals surface area contributed by atoms with Gasteiger partial charge in [0.05, 0.1) is 17.6 Å². The van der Waals surface area contributed by atoms with Crippen molar-refractivity contribution >= 4 is 17.4 Å². The van der Waals surface area contributed by atoms with Crippen molar-refractivity contribution in [3.63, 3.8) is 0 Å². The minimum Gasteiger partial charge on any atom is -0.488 e. The summed E-state index contributed by atoms with van der Waals surface area (Å²) in [4.78, 5) is 12.5. The predicted molar refractivity (Wildman–Crippen MR) is 116 cm³/mol. The van der Waals surface area contributed by atoms with Gasteiger partial charge in [0.1, 0.15) is 23.9 Å². The van der Waals surface area contributed by atoms with Crippen LogP contribution in [0.25, 0.3) is 17.1 Å². The van der Waals surface area contributed by atoms with E-state index >= 15 is 0 Å². The molecule has 1 aliphatic heterocycles. The third-order valence-corrected chi connectivity index (χ3v) is 4.71. The van der Waals surface area contributed by atoms with Crippen molar-refractivity contribution in [2.24, 2.45) is 4.99 Å². The highest BCUT2D eigenvalue weighted by Gasteiger charge is 2.15. The number of aromatic nitrogens is 4. The first kappa shape index (κ1) is 21.0. The van der Waals surface area contributed by atoms with Crippen molar-refractivity contribution < 1.29 is 13.5 Å². The maximum atomic E-state index is 12.8. The third-order valence-electron chi connectivity index (χ3n) is 4.71. The number of nitrogens with zero attached hydrogens (tertiary/aromatic N) is 5. The molecule has 32 heavy (non-hydrogen) atoms. The first-order chi connectivity index (χ1) is 15.5. The smallest absolute Gasteiger partial charge is 0.265 e. The topological polar surface area (TPSA) is 99.2 Å². The zero-order chi connectivity index (χ0) is 22.5. The molecule has 3 aromatic rings. The normalized spacial score (nSPS) is 13.0. The monoisotopic (exact) mass is 432 g/mol. The van der Waals surface area contributed by atoms with Crippen molar-refractivity contribution in [2.45, 2.75) is 20.0 Å². The van der Waals surface area contributed by atoms with Crippen molar-refractivity contribution in [1.29, 1.82) is 0 Å². The fourth-order valence-corrected chi connectivity index (χ4v) is 2.94. The van der Waals surface area contributed by atoms with Crippen LogP contribution in [0.5, 0.6) is 0 Å². The van der Waals surface area contributed by atoms with Crippen LogP contribution in [-0.2, 0) is 11.3 Å². The van der Waals surface area contributed by atoms with Gasteiger partial charge in [-0.2, -0.15) is 5.10 Å². The van der Waals surface area contributed by atoms with Crippen LogP contribution in [0.4, 0.5) is 14.6 Å². The molecule has 0 fully saturated rings. The van der Waals surface area contributed by atoms with E-state index < -0.39 is 6.43 Å². The van der Waals surface area contributed by atoms with Crippen molar-refractivity contribution in [2.75, 3.05) is 5.73 Å². The Balaban J connectivity index is 1.55. The maximum absolute atomic E-state index is 12.8. The van der Waals surface area contributed by atoms with Gasteiger partial charge in [0.2, 0.25) is 0 Å². The summed E-state index contributed by atoms with van der Waals surface area (Å²) in [6.45, 7) is 2.04. The second-order valence-corrected chi connectivity index (χ2v) is 6.90. The molecule has 0 atom stereocenters. The molecule has 0 aromatic carbocycles. The lowest BCUT2D eigenvalue weighted by Gasteiger charge is -2.12. The zero-order valence-electron chi connectivity index (χ0n) is 17.0. The van der Waals surface area contributed by atoms with Crippen LogP contribution in [-0.4, -0.2) is 26.0 Å². The molecular weight excluding hydrogens is 414 g/mol. The van der Waals surface area contributed by atoms with Gasteiger partial charge in [-0.15, -0.1) is 5.10 Å². The number of nitrogen functional groups attached to an aromatic ring is 1. The lowest BCUT2D eigenvalue weighted by Crippen LogP contribution is -2.03. The van der Waals surface area contributed by atoms with E-state index in [0.717, 1.165) is 22.9 Å². The molecule has 3 aromatic heterocycles. The van der Waals surface area contributed by atoms with Crippen molar-refractivity contribution in [3.05, 3.63) is 89.1 Å². The second-order valence-electron chi connectivity index (χ2n) is 6.90. The number of anilines is 1. The van der Waals surface area contributed by atoms with Crippen LogP contribution in [0.3, 0.4) is 0 Å². The summed E-state index contributed by atoms with van der Waals surface area (Å²) in [5.41, 5.74) is 9.44. The second kappa shape index (κ2) is 9.28. The molecule has 0 amide bonds. The average Bonchev–Trinajstić information content (AvgIpc) is 3.04. The standard InChI is InChI=1S/C23H18F2N6O/c1-14-10-30-31-22(20-5-2-16(12-28-20)23(24)25)18(14)13-32-17-4-6-19(27-9-8-17)15-3-7-21(26)29-11-15/h2-8,10-12,23H,13H2,1H3,(H2,26,29). The van der Waals surface area contributed by atoms with Crippen LogP contribution in [0, 0.1) is 6.92 Å². The number of alkyl halides is 2. The molecule has 160 valence electrons. The predicted octanol–water partition coefficient (Wildman–Crippen LogP) is 4.44. The number of aliphatic imine (C=N–C) groups is 1. The Morgan fingerprint density at radius 2 is 1.94 bits per heavy atom. The number of hydrogen-bond donors (Lipinski definition) is 1. The first-order valence-electron chi connectivity index (χ1n) is 9.63. The average molecular weight is 432 g/mol. The quantitative estimate of drug-likeness (QED) is 0.618. The molecule has 2 N–H and O–H groups in total. The number of hydrogen-bond acceptors (Lipinski definition) is 7. The number of nitrogens with two attached hydrogens (primary N) is 1. The van der Waals surface area contributed by atoms with E-state index in [4.69, 9.17) is 10.5 Å². The first-order valence-corrected chi connectivity index (χ1v) is 9.63. The van der Waals surface area contributed by atoms with Gasteiger partial charge in [0.15, 0.2) is 0 Å². The highest BCUT2D eigenvalue weighted by Crippen LogP contribution is 2.26. The van der Waals surface area contributed by atoms with Gasteiger partial charge in [-0.25, -0.2) is 18.8 Å². The van der Waals surface area contributed by atoms with Gasteiger partial charge in [-0.05, 0) is 54.8 Å². The van der Waals surface area contributed by atoms with E-state index in [1.54, 1.807) is 36.7 Å². The molecule has 4 rings (SSSR count). The molecule has 0 saturated carbocycles. The molecule has 9 heteroatoms. The highest BCUT2D eigenvalue weighted by molar-refractivity contribution is 5.75. The van der Waals surface area contributed by atoms with Crippen LogP contribution in [0.15, 0.2) is 71.8 Å². The van der Waals surface area contributed by atoms with E-state index in [1.165, 1.54) is 12.1 Å². The van der Waals surface area contributed by atoms with Crippen LogP contribution in [0.1, 0.15) is 28.7 Å².